The van der Waals surface area contributed by atoms with Gasteiger partial charge in [-0.15, -0.1) is 0 Å². The maximum Gasteiger partial charge on any atom is 0.347 e. The van der Waals surface area contributed by atoms with Crippen molar-refractivity contribution in [2.75, 3.05) is 19.8 Å². The quantitative estimate of drug-likeness (QED) is 0.590. The molecule has 0 fully saturated rings. The van der Waals surface area contributed by atoms with E-state index in [-0.39, 0.29) is 12.0 Å². The standard InChI is InChI=1S/C23H22O7/c1-4-26-23(25)14(3)29-16-6-7-17-19(12-16)30-13(2)21(22(17)24)15-5-8-18-20(11-15)28-10-9-27-18/h5-8,11-12,14H,4,9-10H2,1-3H3/t14-/m0/s1. The van der Waals surface area contributed by atoms with E-state index in [9.17, 15) is 9.59 Å². The van der Waals surface area contributed by atoms with Crippen LogP contribution in [-0.4, -0.2) is 31.9 Å². The topological polar surface area (TPSA) is 84.2 Å². The molecule has 0 unspecified atom stereocenters. The Balaban J connectivity index is 1.70. The van der Waals surface area contributed by atoms with E-state index in [2.05, 4.69) is 0 Å². The molecule has 0 aliphatic carbocycles. The van der Waals surface area contributed by atoms with E-state index < -0.39 is 12.1 Å². The summed E-state index contributed by atoms with van der Waals surface area (Å²) < 4.78 is 27.7. The molecule has 7 heteroatoms. The zero-order valence-electron chi connectivity index (χ0n) is 17.0. The summed E-state index contributed by atoms with van der Waals surface area (Å²) in [4.78, 5) is 25.0. The van der Waals surface area contributed by atoms with Crippen LogP contribution in [0.15, 0.2) is 45.6 Å². The lowest BCUT2D eigenvalue weighted by molar-refractivity contribution is -0.150. The molecule has 0 N–H and O–H groups in total. The Morgan fingerprint density at radius 2 is 1.87 bits per heavy atom. The van der Waals surface area contributed by atoms with Crippen molar-refractivity contribution in [3.8, 4) is 28.4 Å². The molecule has 0 spiro atoms. The van der Waals surface area contributed by atoms with E-state index in [1.165, 1.54) is 0 Å². The van der Waals surface area contributed by atoms with Crippen LogP contribution in [-0.2, 0) is 9.53 Å². The SMILES string of the molecule is CCOC(=O)[C@H](C)Oc1ccc2c(=O)c(-c3ccc4c(c3)OCCO4)c(C)oc2c1. The van der Waals surface area contributed by atoms with E-state index in [4.69, 9.17) is 23.4 Å². The van der Waals surface area contributed by atoms with Gasteiger partial charge in [0.25, 0.3) is 0 Å². The number of fused-ring (bicyclic) bond motifs is 2. The second-order valence-corrected chi connectivity index (χ2v) is 6.89. The van der Waals surface area contributed by atoms with Crippen LogP contribution in [0.25, 0.3) is 22.1 Å². The largest absolute Gasteiger partial charge is 0.486 e. The van der Waals surface area contributed by atoms with Crippen molar-refractivity contribution in [3.63, 3.8) is 0 Å². The number of carbonyl (C=O) groups is 1. The first-order valence-corrected chi connectivity index (χ1v) is 9.78. The number of esters is 1. The molecular formula is C23H22O7. The minimum atomic E-state index is -0.771. The zero-order chi connectivity index (χ0) is 21.3. The first-order chi connectivity index (χ1) is 14.5. The molecule has 1 atom stereocenters. The highest BCUT2D eigenvalue weighted by Crippen LogP contribution is 2.35. The second kappa shape index (κ2) is 8.10. The Kier molecular flexibility index (Phi) is 5.35. The maximum atomic E-state index is 13.2. The Morgan fingerprint density at radius 3 is 2.63 bits per heavy atom. The number of rotatable bonds is 5. The lowest BCUT2D eigenvalue weighted by Gasteiger charge is -2.19. The van der Waals surface area contributed by atoms with E-state index in [1.807, 2.05) is 6.07 Å². The normalized spacial score (nSPS) is 13.7. The monoisotopic (exact) mass is 410 g/mol. The summed E-state index contributed by atoms with van der Waals surface area (Å²) in [6, 6.07) is 10.3. The summed E-state index contributed by atoms with van der Waals surface area (Å²) in [6.07, 6.45) is -0.771. The Morgan fingerprint density at radius 1 is 1.10 bits per heavy atom. The molecule has 156 valence electrons. The van der Waals surface area contributed by atoms with Crippen molar-refractivity contribution in [2.45, 2.75) is 26.9 Å². The first kappa shape index (κ1) is 19.8. The number of hydrogen-bond donors (Lipinski definition) is 0. The van der Waals surface area contributed by atoms with Crippen LogP contribution in [0.4, 0.5) is 0 Å². The zero-order valence-corrected chi connectivity index (χ0v) is 17.0. The van der Waals surface area contributed by atoms with E-state index >= 15 is 0 Å². The summed E-state index contributed by atoms with van der Waals surface area (Å²) in [5.74, 6) is 1.70. The highest BCUT2D eigenvalue weighted by molar-refractivity contribution is 5.84. The summed E-state index contributed by atoms with van der Waals surface area (Å²) >= 11 is 0. The number of hydrogen-bond acceptors (Lipinski definition) is 7. The molecule has 2 heterocycles. The lowest BCUT2D eigenvalue weighted by atomic mass is 10.0. The van der Waals surface area contributed by atoms with Crippen molar-refractivity contribution >= 4 is 16.9 Å². The molecule has 0 bridgehead atoms. The van der Waals surface area contributed by atoms with Crippen LogP contribution in [0.5, 0.6) is 17.2 Å². The molecule has 3 aromatic rings. The molecule has 1 aliphatic rings. The smallest absolute Gasteiger partial charge is 0.347 e. The maximum absolute atomic E-state index is 13.2. The molecule has 30 heavy (non-hydrogen) atoms. The van der Waals surface area contributed by atoms with Crippen molar-refractivity contribution in [1.29, 1.82) is 0 Å². The fraction of sp³-hybridized carbons (Fsp3) is 0.304. The van der Waals surface area contributed by atoms with Gasteiger partial charge >= 0.3 is 5.97 Å². The van der Waals surface area contributed by atoms with Crippen molar-refractivity contribution in [2.24, 2.45) is 0 Å². The van der Waals surface area contributed by atoms with Gasteiger partial charge < -0.3 is 23.4 Å². The van der Waals surface area contributed by atoms with Crippen molar-refractivity contribution < 1.29 is 28.2 Å². The van der Waals surface area contributed by atoms with Gasteiger partial charge in [0.15, 0.2) is 17.6 Å². The summed E-state index contributed by atoms with van der Waals surface area (Å²) in [7, 11) is 0. The molecule has 0 saturated carbocycles. The van der Waals surface area contributed by atoms with Gasteiger partial charge in [-0.1, -0.05) is 6.07 Å². The highest BCUT2D eigenvalue weighted by atomic mass is 16.6. The number of carbonyl (C=O) groups excluding carboxylic acids is 1. The molecule has 1 aromatic heterocycles. The van der Waals surface area contributed by atoms with Gasteiger partial charge in [-0.25, -0.2) is 4.79 Å². The molecule has 1 aliphatic heterocycles. The lowest BCUT2D eigenvalue weighted by Crippen LogP contribution is -2.26. The fourth-order valence-corrected chi connectivity index (χ4v) is 3.40. The Hall–Kier alpha value is -3.48. The fourth-order valence-electron chi connectivity index (χ4n) is 3.40. The van der Waals surface area contributed by atoms with E-state index in [0.717, 1.165) is 0 Å². The molecule has 2 aromatic carbocycles. The van der Waals surface area contributed by atoms with Gasteiger partial charge in [-0.05, 0) is 50.6 Å². The van der Waals surface area contributed by atoms with Crippen LogP contribution in [0.3, 0.4) is 0 Å². The van der Waals surface area contributed by atoms with Crippen molar-refractivity contribution in [3.05, 3.63) is 52.4 Å². The molecule has 0 saturated heterocycles. The molecule has 0 amide bonds. The van der Waals surface area contributed by atoms with Crippen LogP contribution in [0.2, 0.25) is 0 Å². The molecule has 4 rings (SSSR count). The third-order valence-corrected chi connectivity index (χ3v) is 4.80. The van der Waals surface area contributed by atoms with Gasteiger partial charge in [0.05, 0.1) is 17.6 Å². The number of ether oxygens (including phenoxy) is 4. The Labute approximate surface area is 173 Å². The Bertz CT molecular complexity index is 1160. The molecule has 0 radical (unpaired) electrons. The summed E-state index contributed by atoms with van der Waals surface area (Å²) in [5.41, 5.74) is 1.39. The average Bonchev–Trinajstić information content (AvgIpc) is 2.73. The van der Waals surface area contributed by atoms with Crippen molar-refractivity contribution in [1.82, 2.24) is 0 Å². The molecule has 7 nitrogen and oxygen atoms in total. The summed E-state index contributed by atoms with van der Waals surface area (Å²) in [5, 5.41) is 0.418. The third kappa shape index (κ3) is 3.70. The number of aryl methyl sites for hydroxylation is 1. The van der Waals surface area contributed by atoms with Crippen LogP contribution >= 0.6 is 0 Å². The van der Waals surface area contributed by atoms with Gasteiger partial charge in [0.2, 0.25) is 5.43 Å². The van der Waals surface area contributed by atoms with Crippen LogP contribution < -0.4 is 19.6 Å². The minimum Gasteiger partial charge on any atom is -0.486 e. The van der Waals surface area contributed by atoms with Gasteiger partial charge in [0.1, 0.15) is 30.3 Å². The van der Waals surface area contributed by atoms with Gasteiger partial charge in [-0.3, -0.25) is 4.79 Å². The first-order valence-electron chi connectivity index (χ1n) is 9.78. The second-order valence-electron chi connectivity index (χ2n) is 6.89. The highest BCUT2D eigenvalue weighted by Gasteiger charge is 2.19. The van der Waals surface area contributed by atoms with E-state index in [0.29, 0.717) is 58.3 Å². The van der Waals surface area contributed by atoms with Crippen LogP contribution in [0.1, 0.15) is 19.6 Å². The molecular weight excluding hydrogens is 388 g/mol. The van der Waals surface area contributed by atoms with E-state index in [1.54, 1.807) is 51.1 Å². The van der Waals surface area contributed by atoms with Gasteiger partial charge in [0, 0.05) is 6.07 Å². The van der Waals surface area contributed by atoms with Gasteiger partial charge in [-0.2, -0.15) is 0 Å². The third-order valence-electron chi connectivity index (χ3n) is 4.80. The predicted molar refractivity (Wildman–Crippen MR) is 110 cm³/mol. The van der Waals surface area contributed by atoms with Crippen LogP contribution in [0, 0.1) is 6.92 Å². The predicted octanol–water partition coefficient (Wildman–Crippen LogP) is 3.87. The minimum absolute atomic E-state index is 0.157. The summed E-state index contributed by atoms with van der Waals surface area (Å²) in [6.45, 7) is 6.33. The average molecular weight is 410 g/mol. The number of benzene rings is 2.